The molecule has 0 radical (unpaired) electrons. The molecular weight excluding hydrogens is 188 g/mol. The summed E-state index contributed by atoms with van der Waals surface area (Å²) in [4.78, 5) is 4.17. The quantitative estimate of drug-likeness (QED) is 0.813. The summed E-state index contributed by atoms with van der Waals surface area (Å²) in [5.74, 6) is 1.62. The van der Waals surface area contributed by atoms with Crippen LogP contribution in [0.5, 0.6) is 0 Å². The molecule has 0 amide bonds. The van der Waals surface area contributed by atoms with E-state index in [-0.39, 0.29) is 0 Å². The number of rotatable bonds is 2. The lowest BCUT2D eigenvalue weighted by Crippen LogP contribution is -2.07. The summed E-state index contributed by atoms with van der Waals surface area (Å²) in [6.45, 7) is 0.502. The molecule has 0 unspecified atom stereocenters. The van der Waals surface area contributed by atoms with E-state index in [1.54, 1.807) is 0 Å². The molecule has 1 heterocycles. The molecular formula is C12H20N2O. The average molecular weight is 208 g/mol. The van der Waals surface area contributed by atoms with Gasteiger partial charge < -0.3 is 10.2 Å². The Balaban J connectivity index is 2.06. The first-order chi connectivity index (χ1) is 7.42. The lowest BCUT2D eigenvalue weighted by atomic mass is 9.89. The zero-order valence-electron chi connectivity index (χ0n) is 9.24. The fourth-order valence-electron chi connectivity index (χ4n) is 2.48. The van der Waals surface area contributed by atoms with Crippen molar-refractivity contribution in [2.24, 2.45) is 5.73 Å². The lowest BCUT2D eigenvalue weighted by Gasteiger charge is -2.17. The Bertz CT molecular complexity index is 288. The molecule has 1 aromatic heterocycles. The number of nitrogens with two attached hydrogens (primary N) is 1. The highest BCUT2D eigenvalue weighted by Crippen LogP contribution is 2.32. The molecule has 0 aliphatic heterocycles. The Morgan fingerprint density at radius 2 is 1.87 bits per heavy atom. The van der Waals surface area contributed by atoms with Gasteiger partial charge in [-0.05, 0) is 12.8 Å². The minimum atomic E-state index is 0.502. The number of nitrogens with zero attached hydrogens (tertiary/aromatic N) is 1. The summed E-state index contributed by atoms with van der Waals surface area (Å²) in [6, 6.07) is 0. The van der Waals surface area contributed by atoms with Crippen LogP contribution in [0.3, 0.4) is 0 Å². The van der Waals surface area contributed by atoms with Gasteiger partial charge in [-0.25, -0.2) is 4.98 Å². The Kier molecular flexibility index (Phi) is 3.78. The zero-order chi connectivity index (χ0) is 10.5. The van der Waals surface area contributed by atoms with Gasteiger partial charge in [0.2, 0.25) is 0 Å². The second-order valence-corrected chi connectivity index (χ2v) is 4.41. The highest BCUT2D eigenvalue weighted by molar-refractivity contribution is 5.12. The Morgan fingerprint density at radius 3 is 2.53 bits per heavy atom. The Hall–Kier alpha value is -0.830. The first-order valence-corrected chi connectivity index (χ1v) is 6.04. The molecule has 0 bridgehead atoms. The minimum absolute atomic E-state index is 0.502. The van der Waals surface area contributed by atoms with Crippen molar-refractivity contribution in [3.05, 3.63) is 17.8 Å². The van der Waals surface area contributed by atoms with E-state index in [0.717, 1.165) is 11.5 Å². The van der Waals surface area contributed by atoms with Crippen molar-refractivity contribution in [1.29, 1.82) is 0 Å². The maximum atomic E-state index is 5.65. The molecule has 0 spiro atoms. The number of hydrogen-bond donors (Lipinski definition) is 1. The zero-order valence-corrected chi connectivity index (χ0v) is 9.24. The Morgan fingerprint density at radius 1 is 1.20 bits per heavy atom. The highest BCUT2D eigenvalue weighted by Gasteiger charge is 2.19. The van der Waals surface area contributed by atoms with Gasteiger partial charge in [0.05, 0.1) is 5.69 Å². The maximum Gasteiger partial charge on any atom is 0.181 e. The van der Waals surface area contributed by atoms with Crippen molar-refractivity contribution < 1.29 is 4.42 Å². The second kappa shape index (κ2) is 5.31. The van der Waals surface area contributed by atoms with Gasteiger partial charge in [-0.3, -0.25) is 0 Å². The van der Waals surface area contributed by atoms with Crippen LogP contribution in [-0.4, -0.2) is 4.98 Å². The van der Waals surface area contributed by atoms with Crippen molar-refractivity contribution >= 4 is 0 Å². The second-order valence-electron chi connectivity index (χ2n) is 4.41. The van der Waals surface area contributed by atoms with Crippen molar-refractivity contribution in [3.8, 4) is 0 Å². The molecule has 2 N–H and O–H groups in total. The van der Waals surface area contributed by atoms with E-state index in [1.165, 1.54) is 51.3 Å². The van der Waals surface area contributed by atoms with Crippen molar-refractivity contribution in [3.63, 3.8) is 0 Å². The largest absolute Gasteiger partial charge is 0.448 e. The molecule has 0 atom stereocenters. The van der Waals surface area contributed by atoms with Crippen LogP contribution < -0.4 is 5.73 Å². The molecule has 15 heavy (non-hydrogen) atoms. The standard InChI is InChI=1S/C12H20N2O/c13-8-11-12(15-9-14-11)10-6-4-2-1-3-5-7-10/h9-10H,1-8,13H2. The molecule has 3 nitrogen and oxygen atoms in total. The minimum Gasteiger partial charge on any atom is -0.448 e. The first kappa shape index (κ1) is 10.7. The predicted octanol–water partition coefficient (Wildman–Crippen LogP) is 2.96. The van der Waals surface area contributed by atoms with Gasteiger partial charge in [0.25, 0.3) is 0 Å². The molecule has 0 aromatic carbocycles. The fraction of sp³-hybridized carbons (Fsp3) is 0.750. The third-order valence-electron chi connectivity index (χ3n) is 3.34. The van der Waals surface area contributed by atoms with Gasteiger partial charge in [-0.2, -0.15) is 0 Å². The van der Waals surface area contributed by atoms with E-state index in [0.29, 0.717) is 12.5 Å². The smallest absolute Gasteiger partial charge is 0.181 e. The van der Waals surface area contributed by atoms with E-state index in [9.17, 15) is 0 Å². The molecule has 1 aliphatic rings. The summed E-state index contributed by atoms with van der Waals surface area (Å²) in [5.41, 5.74) is 6.61. The van der Waals surface area contributed by atoms with Crippen LogP contribution >= 0.6 is 0 Å². The molecule has 84 valence electrons. The third kappa shape index (κ3) is 2.59. The topological polar surface area (TPSA) is 52.0 Å². The number of hydrogen-bond acceptors (Lipinski definition) is 3. The van der Waals surface area contributed by atoms with Gasteiger partial charge in [0, 0.05) is 12.5 Å². The molecule has 0 saturated heterocycles. The normalized spacial score (nSPS) is 19.8. The van der Waals surface area contributed by atoms with Crippen LogP contribution in [0.25, 0.3) is 0 Å². The summed E-state index contributed by atoms with van der Waals surface area (Å²) < 4.78 is 5.50. The molecule has 3 heteroatoms. The van der Waals surface area contributed by atoms with Gasteiger partial charge >= 0.3 is 0 Å². The van der Waals surface area contributed by atoms with E-state index < -0.39 is 0 Å². The van der Waals surface area contributed by atoms with E-state index >= 15 is 0 Å². The maximum absolute atomic E-state index is 5.65. The number of oxazole rings is 1. The van der Waals surface area contributed by atoms with Crippen molar-refractivity contribution in [2.75, 3.05) is 0 Å². The molecule has 1 aromatic rings. The van der Waals surface area contributed by atoms with Gasteiger partial charge in [0.1, 0.15) is 5.76 Å². The monoisotopic (exact) mass is 208 g/mol. The van der Waals surface area contributed by atoms with Crippen LogP contribution in [-0.2, 0) is 6.54 Å². The molecule has 1 saturated carbocycles. The summed E-state index contributed by atoms with van der Waals surface area (Å²) in [6.07, 6.45) is 10.8. The average Bonchev–Trinajstić information content (AvgIpc) is 2.65. The van der Waals surface area contributed by atoms with E-state index in [2.05, 4.69) is 4.98 Å². The lowest BCUT2D eigenvalue weighted by molar-refractivity contribution is 0.384. The Labute approximate surface area is 91.1 Å². The van der Waals surface area contributed by atoms with Crippen LogP contribution in [0.2, 0.25) is 0 Å². The molecule has 1 aliphatic carbocycles. The summed E-state index contributed by atoms with van der Waals surface area (Å²) in [5, 5.41) is 0. The summed E-state index contributed by atoms with van der Waals surface area (Å²) >= 11 is 0. The van der Waals surface area contributed by atoms with Crippen molar-refractivity contribution in [2.45, 2.75) is 57.4 Å². The van der Waals surface area contributed by atoms with E-state index in [4.69, 9.17) is 10.2 Å². The van der Waals surface area contributed by atoms with E-state index in [1.807, 2.05) is 0 Å². The van der Waals surface area contributed by atoms with Gasteiger partial charge in [-0.15, -0.1) is 0 Å². The fourth-order valence-corrected chi connectivity index (χ4v) is 2.48. The van der Waals surface area contributed by atoms with Gasteiger partial charge in [0.15, 0.2) is 6.39 Å². The summed E-state index contributed by atoms with van der Waals surface area (Å²) in [7, 11) is 0. The molecule has 2 rings (SSSR count). The third-order valence-corrected chi connectivity index (χ3v) is 3.34. The number of aromatic nitrogens is 1. The van der Waals surface area contributed by atoms with Crippen molar-refractivity contribution in [1.82, 2.24) is 4.98 Å². The van der Waals surface area contributed by atoms with Crippen LogP contribution in [0, 0.1) is 0 Å². The first-order valence-electron chi connectivity index (χ1n) is 6.04. The predicted molar refractivity (Wildman–Crippen MR) is 59.5 cm³/mol. The highest BCUT2D eigenvalue weighted by atomic mass is 16.3. The van der Waals surface area contributed by atoms with Crippen LogP contribution in [0.1, 0.15) is 62.3 Å². The van der Waals surface area contributed by atoms with Crippen LogP contribution in [0.4, 0.5) is 0 Å². The molecule has 1 fully saturated rings. The van der Waals surface area contributed by atoms with Crippen LogP contribution in [0.15, 0.2) is 10.8 Å². The van der Waals surface area contributed by atoms with Gasteiger partial charge in [-0.1, -0.05) is 32.1 Å². The SMILES string of the molecule is NCc1ncoc1C1CCCCCCC1.